The Bertz CT molecular complexity index is 594. The Morgan fingerprint density at radius 1 is 1.37 bits per heavy atom. The Morgan fingerprint density at radius 3 is 2.47 bits per heavy atom. The minimum Gasteiger partial charge on any atom is -0.478 e. The Hall–Kier alpha value is -1.69. The van der Waals surface area contributed by atoms with Crippen molar-refractivity contribution in [2.24, 2.45) is 5.41 Å². The molecule has 1 fully saturated rings. The van der Waals surface area contributed by atoms with E-state index in [1.54, 1.807) is 26.0 Å². The molecule has 5 nitrogen and oxygen atoms in total. The highest BCUT2D eigenvalue weighted by Gasteiger charge is 2.47. The van der Waals surface area contributed by atoms with Crippen molar-refractivity contribution in [3.8, 4) is 0 Å². The molecule has 0 unspecified atom stereocenters. The van der Waals surface area contributed by atoms with E-state index in [1.165, 1.54) is 6.07 Å². The molecule has 0 radical (unpaired) electrons. The van der Waals surface area contributed by atoms with E-state index in [1.807, 2.05) is 0 Å². The Kier molecular flexibility index (Phi) is 3.22. The third-order valence-electron chi connectivity index (χ3n) is 3.07. The zero-order valence-corrected chi connectivity index (χ0v) is 12.0. The summed E-state index contributed by atoms with van der Waals surface area (Å²) in [6.07, 6.45) is 0.0756. The number of carbonyl (C=O) groups excluding carboxylic acids is 2. The van der Waals surface area contributed by atoms with Crippen LogP contribution in [-0.4, -0.2) is 22.9 Å². The van der Waals surface area contributed by atoms with E-state index in [0.29, 0.717) is 4.47 Å². The van der Waals surface area contributed by atoms with Crippen molar-refractivity contribution < 1.29 is 19.5 Å². The largest absolute Gasteiger partial charge is 0.478 e. The molecule has 0 spiro atoms. The molecule has 2 rings (SSSR count). The smallest absolute Gasteiger partial charge is 0.337 e. The number of para-hydroxylation sites is 1. The van der Waals surface area contributed by atoms with Crippen LogP contribution in [0.2, 0.25) is 0 Å². The van der Waals surface area contributed by atoms with Crippen molar-refractivity contribution in [2.75, 3.05) is 4.90 Å². The fraction of sp³-hybridized carbons (Fsp3) is 0.308. The van der Waals surface area contributed by atoms with E-state index in [9.17, 15) is 19.5 Å². The molecule has 0 aromatic heterocycles. The van der Waals surface area contributed by atoms with Crippen LogP contribution in [0, 0.1) is 5.41 Å². The first-order chi connectivity index (χ1) is 8.75. The van der Waals surface area contributed by atoms with Crippen molar-refractivity contribution in [3.05, 3.63) is 28.2 Å². The van der Waals surface area contributed by atoms with Gasteiger partial charge in [-0.3, -0.25) is 9.59 Å². The zero-order chi connectivity index (χ0) is 14.4. The highest BCUT2D eigenvalue weighted by molar-refractivity contribution is 9.10. The molecule has 1 aliphatic rings. The number of nitrogens with zero attached hydrogens (tertiary/aromatic N) is 1. The summed E-state index contributed by atoms with van der Waals surface area (Å²) in [5.41, 5.74) is -0.772. The molecule has 1 N–H and O–H groups in total. The lowest BCUT2D eigenvalue weighted by atomic mass is 9.92. The quantitative estimate of drug-likeness (QED) is 0.847. The number of carbonyl (C=O) groups is 3. The molecule has 1 aliphatic heterocycles. The molecular formula is C13H12BrNO4. The van der Waals surface area contributed by atoms with Gasteiger partial charge >= 0.3 is 5.97 Å². The molecule has 19 heavy (non-hydrogen) atoms. The fourth-order valence-electron chi connectivity index (χ4n) is 2.09. The van der Waals surface area contributed by atoms with Crippen LogP contribution in [0.4, 0.5) is 5.69 Å². The molecule has 6 heteroatoms. The van der Waals surface area contributed by atoms with Crippen LogP contribution in [-0.2, 0) is 9.59 Å². The van der Waals surface area contributed by atoms with Gasteiger partial charge in [-0.05, 0) is 28.1 Å². The van der Waals surface area contributed by atoms with Gasteiger partial charge in [-0.25, -0.2) is 9.69 Å². The molecule has 100 valence electrons. The highest BCUT2D eigenvalue weighted by atomic mass is 79.9. The maximum atomic E-state index is 12.3. The predicted octanol–water partition coefficient (Wildman–Crippen LogP) is 2.44. The van der Waals surface area contributed by atoms with Crippen LogP contribution in [0.25, 0.3) is 0 Å². The van der Waals surface area contributed by atoms with Crippen LogP contribution < -0.4 is 4.90 Å². The van der Waals surface area contributed by atoms with Crippen LogP contribution in [0.15, 0.2) is 22.7 Å². The van der Waals surface area contributed by atoms with Gasteiger partial charge in [0.2, 0.25) is 11.8 Å². The average molecular weight is 326 g/mol. The average Bonchev–Trinajstić information content (AvgIpc) is 2.49. The van der Waals surface area contributed by atoms with E-state index in [-0.39, 0.29) is 29.5 Å². The first kappa shape index (κ1) is 13.7. The number of rotatable bonds is 2. The Morgan fingerprint density at radius 2 is 2.00 bits per heavy atom. The highest BCUT2D eigenvalue weighted by Crippen LogP contribution is 2.39. The van der Waals surface area contributed by atoms with Gasteiger partial charge in [0.05, 0.1) is 16.7 Å². The summed E-state index contributed by atoms with van der Waals surface area (Å²) >= 11 is 3.21. The van der Waals surface area contributed by atoms with Crippen molar-refractivity contribution in [1.82, 2.24) is 0 Å². The maximum Gasteiger partial charge on any atom is 0.337 e. The van der Waals surface area contributed by atoms with Crippen molar-refractivity contribution in [3.63, 3.8) is 0 Å². The number of anilines is 1. The second-order valence-electron chi connectivity index (χ2n) is 5.04. The number of imide groups is 1. The topological polar surface area (TPSA) is 74.7 Å². The second-order valence-corrected chi connectivity index (χ2v) is 5.89. The number of hydrogen-bond acceptors (Lipinski definition) is 3. The fourth-order valence-corrected chi connectivity index (χ4v) is 2.63. The standard InChI is InChI=1S/C13H12BrNO4/c1-13(2)6-9(16)15(12(13)19)10-7(11(17)18)4-3-5-8(10)14/h3-5H,6H2,1-2H3,(H,17,18). The van der Waals surface area contributed by atoms with Gasteiger partial charge < -0.3 is 5.11 Å². The number of halogens is 1. The molecule has 2 amide bonds. The predicted molar refractivity (Wildman–Crippen MR) is 72.0 cm³/mol. The Labute approximate surface area is 118 Å². The minimum atomic E-state index is -1.18. The van der Waals surface area contributed by atoms with E-state index in [2.05, 4.69) is 15.9 Å². The third kappa shape index (κ3) is 2.16. The number of carboxylic acids is 1. The molecule has 1 heterocycles. The number of hydrogen-bond donors (Lipinski definition) is 1. The van der Waals surface area contributed by atoms with Crippen LogP contribution in [0.1, 0.15) is 30.6 Å². The lowest BCUT2D eigenvalue weighted by Crippen LogP contribution is -2.34. The molecule has 1 aromatic rings. The summed E-state index contributed by atoms with van der Waals surface area (Å²) in [6.45, 7) is 3.34. The second kappa shape index (κ2) is 4.45. The van der Waals surface area contributed by atoms with Crippen molar-refractivity contribution in [1.29, 1.82) is 0 Å². The monoisotopic (exact) mass is 325 g/mol. The molecule has 0 aliphatic carbocycles. The third-order valence-corrected chi connectivity index (χ3v) is 3.71. The number of amides is 2. The van der Waals surface area contributed by atoms with E-state index in [4.69, 9.17) is 0 Å². The van der Waals surface area contributed by atoms with Crippen molar-refractivity contribution in [2.45, 2.75) is 20.3 Å². The van der Waals surface area contributed by atoms with Gasteiger partial charge in [0.1, 0.15) is 0 Å². The van der Waals surface area contributed by atoms with Crippen LogP contribution >= 0.6 is 15.9 Å². The summed E-state index contributed by atoms with van der Waals surface area (Å²) in [7, 11) is 0. The van der Waals surface area contributed by atoms with Gasteiger partial charge in [0.15, 0.2) is 0 Å². The molecule has 1 saturated heterocycles. The Balaban J connectivity index is 2.63. The van der Waals surface area contributed by atoms with Gasteiger partial charge in [-0.15, -0.1) is 0 Å². The maximum absolute atomic E-state index is 12.3. The molecule has 1 aromatic carbocycles. The van der Waals surface area contributed by atoms with E-state index < -0.39 is 11.4 Å². The van der Waals surface area contributed by atoms with E-state index in [0.717, 1.165) is 4.90 Å². The lowest BCUT2D eigenvalue weighted by Gasteiger charge is -2.20. The van der Waals surface area contributed by atoms with Crippen LogP contribution in [0.3, 0.4) is 0 Å². The summed E-state index contributed by atoms with van der Waals surface area (Å²) < 4.78 is 0.409. The van der Waals surface area contributed by atoms with Crippen LogP contribution in [0.5, 0.6) is 0 Å². The summed E-state index contributed by atoms with van der Waals surface area (Å²) in [4.78, 5) is 36.5. The zero-order valence-electron chi connectivity index (χ0n) is 10.4. The number of benzene rings is 1. The van der Waals surface area contributed by atoms with Gasteiger partial charge in [0.25, 0.3) is 0 Å². The molecule has 0 atom stereocenters. The summed E-state index contributed by atoms with van der Waals surface area (Å²) in [5.74, 6) is -1.95. The minimum absolute atomic E-state index is 0.0752. The lowest BCUT2D eigenvalue weighted by molar-refractivity contribution is -0.124. The number of aromatic carboxylic acids is 1. The first-order valence-corrected chi connectivity index (χ1v) is 6.44. The summed E-state index contributed by atoms with van der Waals surface area (Å²) in [6, 6.07) is 4.52. The molecule has 0 saturated carbocycles. The van der Waals surface area contributed by atoms with E-state index >= 15 is 0 Å². The summed E-state index contributed by atoms with van der Waals surface area (Å²) in [5, 5.41) is 9.18. The molecular weight excluding hydrogens is 314 g/mol. The van der Waals surface area contributed by atoms with Gasteiger partial charge in [-0.1, -0.05) is 19.9 Å². The number of carboxylic acid groups (broad SMARTS) is 1. The van der Waals surface area contributed by atoms with Crippen molar-refractivity contribution >= 4 is 39.4 Å². The normalized spacial score (nSPS) is 17.9. The molecule has 0 bridgehead atoms. The first-order valence-electron chi connectivity index (χ1n) is 5.65. The van der Waals surface area contributed by atoms with Gasteiger partial charge in [-0.2, -0.15) is 0 Å². The van der Waals surface area contributed by atoms with Gasteiger partial charge in [0, 0.05) is 10.9 Å². The SMILES string of the molecule is CC1(C)CC(=O)N(c2c(Br)cccc2C(=O)O)C1=O.